The lowest BCUT2D eigenvalue weighted by Gasteiger charge is -2.28. The van der Waals surface area contributed by atoms with Crippen molar-refractivity contribution in [3.63, 3.8) is 0 Å². The number of hydrogen-bond donors (Lipinski definition) is 0. The van der Waals surface area contributed by atoms with Gasteiger partial charge in [0.05, 0.1) is 40.2 Å². The molecule has 1 atom stereocenters. The molecular formula is C24H20F3N3O3. The van der Waals surface area contributed by atoms with Crippen LogP contribution in [0.1, 0.15) is 53.2 Å². The summed E-state index contributed by atoms with van der Waals surface area (Å²) >= 11 is 0. The van der Waals surface area contributed by atoms with E-state index < -0.39 is 11.7 Å². The number of carbonyl (C=O) groups excluding carboxylic acids is 1. The predicted molar refractivity (Wildman–Crippen MR) is 113 cm³/mol. The van der Waals surface area contributed by atoms with Gasteiger partial charge in [-0.3, -0.25) is 4.79 Å². The van der Waals surface area contributed by atoms with Crippen molar-refractivity contribution in [3.8, 4) is 11.3 Å². The fourth-order valence-corrected chi connectivity index (χ4v) is 4.17. The summed E-state index contributed by atoms with van der Waals surface area (Å²) in [5.74, 6) is 0.302. The summed E-state index contributed by atoms with van der Waals surface area (Å²) in [6.07, 6.45) is -1.35. The van der Waals surface area contributed by atoms with E-state index in [1.165, 1.54) is 24.3 Å². The highest BCUT2D eigenvalue weighted by Gasteiger charge is 2.39. The number of benzene rings is 1. The Labute approximate surface area is 187 Å². The number of alkyl halides is 3. The van der Waals surface area contributed by atoms with E-state index in [1.807, 2.05) is 6.92 Å². The number of hydrogen-bond acceptors (Lipinski definition) is 5. The molecule has 0 bridgehead atoms. The molecule has 0 aliphatic heterocycles. The zero-order valence-corrected chi connectivity index (χ0v) is 17.9. The number of rotatable bonds is 5. The second-order valence-corrected chi connectivity index (χ2v) is 8.18. The molecule has 170 valence electrons. The smallest absolute Gasteiger partial charge is 0.417 e. The number of aromatic nitrogens is 2. The number of furan rings is 1. The van der Waals surface area contributed by atoms with Crippen molar-refractivity contribution in [3.05, 3.63) is 71.3 Å². The first-order valence-electron chi connectivity index (χ1n) is 10.6. The van der Waals surface area contributed by atoms with Crippen LogP contribution in [-0.4, -0.2) is 27.0 Å². The van der Waals surface area contributed by atoms with Crippen LogP contribution in [0.5, 0.6) is 0 Å². The fraction of sp³-hybridized carbons (Fsp3) is 0.292. The van der Waals surface area contributed by atoms with E-state index in [0.717, 1.165) is 18.9 Å². The molecule has 3 heterocycles. The molecule has 1 amide bonds. The molecule has 4 aromatic rings. The van der Waals surface area contributed by atoms with Crippen molar-refractivity contribution in [2.45, 2.75) is 44.9 Å². The van der Waals surface area contributed by atoms with Crippen molar-refractivity contribution in [2.75, 3.05) is 0 Å². The van der Waals surface area contributed by atoms with Crippen molar-refractivity contribution < 1.29 is 26.9 Å². The predicted octanol–water partition coefficient (Wildman–Crippen LogP) is 6.18. The number of halogens is 3. The molecule has 0 saturated heterocycles. The molecule has 1 fully saturated rings. The topological polar surface area (TPSA) is 72.4 Å². The van der Waals surface area contributed by atoms with Crippen LogP contribution >= 0.6 is 0 Å². The molecular weight excluding hydrogens is 435 g/mol. The summed E-state index contributed by atoms with van der Waals surface area (Å²) < 4.78 is 51.8. The third-order valence-electron chi connectivity index (χ3n) is 5.90. The summed E-state index contributed by atoms with van der Waals surface area (Å²) in [6.45, 7) is 3.54. The maximum absolute atomic E-state index is 13.9. The van der Waals surface area contributed by atoms with Crippen LogP contribution in [0.2, 0.25) is 0 Å². The normalized spacial score (nSPS) is 15.1. The number of pyridine rings is 1. The SMILES string of the molecule is Cc1noc2nc(-c3ccccc3C(F)(F)F)cc(C(=O)N(C3CC3)C(C)c3ccco3)c12. The lowest BCUT2D eigenvalue weighted by molar-refractivity contribution is -0.137. The average Bonchev–Trinajstić information content (AvgIpc) is 3.31. The van der Waals surface area contributed by atoms with Gasteiger partial charge in [-0.25, -0.2) is 4.98 Å². The summed E-state index contributed by atoms with van der Waals surface area (Å²) in [7, 11) is 0. The van der Waals surface area contributed by atoms with Gasteiger partial charge in [0, 0.05) is 11.6 Å². The van der Waals surface area contributed by atoms with E-state index in [2.05, 4.69) is 10.1 Å². The zero-order chi connectivity index (χ0) is 23.3. The molecule has 6 nitrogen and oxygen atoms in total. The molecule has 0 spiro atoms. The van der Waals surface area contributed by atoms with Gasteiger partial charge in [0.1, 0.15) is 5.76 Å². The molecule has 1 aliphatic rings. The maximum Gasteiger partial charge on any atom is 0.417 e. The van der Waals surface area contributed by atoms with Crippen molar-refractivity contribution >= 4 is 17.0 Å². The Morgan fingerprint density at radius 3 is 2.61 bits per heavy atom. The highest BCUT2D eigenvalue weighted by atomic mass is 19.4. The molecule has 1 aliphatic carbocycles. The molecule has 0 radical (unpaired) electrons. The Balaban J connectivity index is 1.67. The van der Waals surface area contributed by atoms with Gasteiger partial charge in [0.2, 0.25) is 0 Å². The van der Waals surface area contributed by atoms with Gasteiger partial charge in [-0.05, 0) is 51.0 Å². The molecule has 0 N–H and O–H groups in total. The van der Waals surface area contributed by atoms with Gasteiger partial charge >= 0.3 is 6.18 Å². The molecule has 1 aromatic carbocycles. The second kappa shape index (κ2) is 7.75. The number of nitrogens with zero attached hydrogens (tertiary/aromatic N) is 3. The first-order chi connectivity index (χ1) is 15.8. The average molecular weight is 455 g/mol. The van der Waals surface area contributed by atoms with E-state index in [1.54, 1.807) is 30.2 Å². The molecule has 5 rings (SSSR count). The lowest BCUT2D eigenvalue weighted by Crippen LogP contribution is -2.35. The third kappa shape index (κ3) is 3.77. The number of aryl methyl sites for hydroxylation is 1. The van der Waals surface area contributed by atoms with Crippen LogP contribution in [0.25, 0.3) is 22.4 Å². The highest BCUT2D eigenvalue weighted by molar-refractivity contribution is 6.07. The lowest BCUT2D eigenvalue weighted by atomic mass is 10.00. The monoisotopic (exact) mass is 455 g/mol. The van der Waals surface area contributed by atoms with Gasteiger partial charge < -0.3 is 13.8 Å². The van der Waals surface area contributed by atoms with Gasteiger partial charge in [-0.1, -0.05) is 23.4 Å². The van der Waals surface area contributed by atoms with Crippen molar-refractivity contribution in [1.82, 2.24) is 15.0 Å². The maximum atomic E-state index is 13.9. The first kappa shape index (κ1) is 21.2. The number of carbonyl (C=O) groups is 1. The Hall–Kier alpha value is -3.62. The summed E-state index contributed by atoms with van der Waals surface area (Å²) in [5.41, 5.74) is -0.307. The van der Waals surface area contributed by atoms with E-state index in [4.69, 9.17) is 8.94 Å². The van der Waals surface area contributed by atoms with Gasteiger partial charge in [-0.2, -0.15) is 13.2 Å². The van der Waals surface area contributed by atoms with Crippen LogP contribution in [0.3, 0.4) is 0 Å². The van der Waals surface area contributed by atoms with Crippen LogP contribution < -0.4 is 0 Å². The minimum absolute atomic E-state index is 0.00340. The molecule has 1 unspecified atom stereocenters. The minimum atomic E-state index is -4.58. The van der Waals surface area contributed by atoms with Crippen molar-refractivity contribution in [2.24, 2.45) is 0 Å². The van der Waals surface area contributed by atoms with E-state index in [-0.39, 0.29) is 40.5 Å². The number of amides is 1. The van der Waals surface area contributed by atoms with Crippen molar-refractivity contribution in [1.29, 1.82) is 0 Å². The van der Waals surface area contributed by atoms with Gasteiger partial charge in [-0.15, -0.1) is 0 Å². The second-order valence-electron chi connectivity index (χ2n) is 8.18. The first-order valence-corrected chi connectivity index (χ1v) is 10.6. The highest BCUT2D eigenvalue weighted by Crippen LogP contribution is 2.40. The largest absolute Gasteiger partial charge is 0.467 e. The quantitative estimate of drug-likeness (QED) is 0.360. The van der Waals surface area contributed by atoms with Crippen LogP contribution in [0, 0.1) is 6.92 Å². The van der Waals surface area contributed by atoms with E-state index in [0.29, 0.717) is 16.8 Å². The fourth-order valence-electron chi connectivity index (χ4n) is 4.17. The minimum Gasteiger partial charge on any atom is -0.467 e. The third-order valence-corrected chi connectivity index (χ3v) is 5.90. The molecule has 9 heteroatoms. The molecule has 3 aromatic heterocycles. The van der Waals surface area contributed by atoms with Crippen LogP contribution in [0.4, 0.5) is 13.2 Å². The Kier molecular flexibility index (Phi) is 4.99. The summed E-state index contributed by atoms with van der Waals surface area (Å²) in [4.78, 5) is 19.9. The van der Waals surface area contributed by atoms with Gasteiger partial charge in [0.15, 0.2) is 0 Å². The number of fused-ring (bicyclic) bond motifs is 1. The van der Waals surface area contributed by atoms with Crippen LogP contribution in [-0.2, 0) is 6.18 Å². The standard InChI is InChI=1S/C24H20F3N3O3/c1-13-21-17(23(31)30(15-9-10-15)14(2)20-8-5-11-32-20)12-19(28-22(21)33-29-13)16-6-3-4-7-18(16)24(25,26)27/h3-8,11-12,14-15H,9-10H2,1-2H3. The Morgan fingerprint density at radius 1 is 1.18 bits per heavy atom. The van der Waals surface area contributed by atoms with Crippen LogP contribution in [0.15, 0.2) is 57.7 Å². The Bertz CT molecular complexity index is 1320. The zero-order valence-electron chi connectivity index (χ0n) is 17.9. The molecule has 33 heavy (non-hydrogen) atoms. The molecule has 1 saturated carbocycles. The van der Waals surface area contributed by atoms with Gasteiger partial charge in [0.25, 0.3) is 11.6 Å². The summed E-state index contributed by atoms with van der Waals surface area (Å²) in [5, 5.41) is 4.30. The van der Waals surface area contributed by atoms with E-state index >= 15 is 0 Å². The summed E-state index contributed by atoms with van der Waals surface area (Å²) in [6, 6.07) is 9.76. The van der Waals surface area contributed by atoms with E-state index in [9.17, 15) is 18.0 Å². The Morgan fingerprint density at radius 2 is 1.94 bits per heavy atom.